The van der Waals surface area contributed by atoms with Crippen molar-refractivity contribution in [2.45, 2.75) is 6.92 Å². The minimum absolute atomic E-state index is 0.352. The van der Waals surface area contributed by atoms with E-state index < -0.39 is 5.91 Å². The SMILES string of the molecule is COc1ccc(C(=O)N/N=C\c2ccc(-c3ccc(C)c(Br)c3)o2)c(OC)c1. The standard InChI is InChI=1S/C21H19BrN2O4/c1-13-4-5-14(10-18(13)22)19-9-7-16(28-19)12-23-24-21(25)17-8-6-15(26-2)11-20(17)27-3/h4-12H,1-3H3,(H,24,25)/b23-12-. The molecule has 2 aromatic carbocycles. The Bertz CT molecular complexity index is 1030. The van der Waals surface area contributed by atoms with Crippen molar-refractivity contribution >= 4 is 28.1 Å². The van der Waals surface area contributed by atoms with E-state index in [1.165, 1.54) is 13.3 Å². The summed E-state index contributed by atoms with van der Waals surface area (Å²) in [5.74, 6) is 1.84. The van der Waals surface area contributed by atoms with Crippen LogP contribution in [-0.4, -0.2) is 26.3 Å². The van der Waals surface area contributed by atoms with Gasteiger partial charge in [-0.15, -0.1) is 0 Å². The topological polar surface area (TPSA) is 73.1 Å². The first-order valence-electron chi connectivity index (χ1n) is 8.43. The number of aryl methyl sites for hydroxylation is 1. The lowest BCUT2D eigenvalue weighted by atomic mass is 10.1. The lowest BCUT2D eigenvalue weighted by molar-refractivity contribution is 0.0952. The van der Waals surface area contributed by atoms with Crippen molar-refractivity contribution in [2.75, 3.05) is 14.2 Å². The summed E-state index contributed by atoms with van der Waals surface area (Å²) in [6, 6.07) is 14.6. The highest BCUT2D eigenvalue weighted by molar-refractivity contribution is 9.10. The summed E-state index contributed by atoms with van der Waals surface area (Å²) in [6.45, 7) is 2.02. The second-order valence-corrected chi connectivity index (χ2v) is 6.79. The van der Waals surface area contributed by atoms with Gasteiger partial charge in [0.15, 0.2) is 0 Å². The molecule has 3 aromatic rings. The van der Waals surface area contributed by atoms with Gasteiger partial charge >= 0.3 is 0 Å². The van der Waals surface area contributed by atoms with Gasteiger partial charge in [0.25, 0.3) is 5.91 Å². The van der Waals surface area contributed by atoms with Crippen LogP contribution in [0.5, 0.6) is 11.5 Å². The van der Waals surface area contributed by atoms with Crippen LogP contribution < -0.4 is 14.9 Å². The van der Waals surface area contributed by atoms with Gasteiger partial charge in [-0.05, 0) is 42.8 Å². The fourth-order valence-electron chi connectivity index (χ4n) is 2.52. The quantitative estimate of drug-likeness (QED) is 0.439. The highest BCUT2D eigenvalue weighted by Gasteiger charge is 2.12. The molecule has 0 unspecified atom stereocenters. The van der Waals surface area contributed by atoms with Gasteiger partial charge in [-0.2, -0.15) is 5.10 Å². The minimum atomic E-state index is -0.398. The molecule has 1 aromatic heterocycles. The summed E-state index contributed by atoms with van der Waals surface area (Å²) < 4.78 is 17.1. The highest BCUT2D eigenvalue weighted by atomic mass is 79.9. The molecular weight excluding hydrogens is 424 g/mol. The molecule has 0 spiro atoms. The molecule has 0 atom stereocenters. The number of nitrogens with one attached hydrogen (secondary N) is 1. The summed E-state index contributed by atoms with van der Waals surface area (Å²) in [5, 5.41) is 3.96. The number of amides is 1. The van der Waals surface area contributed by atoms with E-state index in [4.69, 9.17) is 13.9 Å². The molecule has 0 aliphatic rings. The zero-order chi connectivity index (χ0) is 20.1. The fraction of sp³-hybridized carbons (Fsp3) is 0.143. The Balaban J connectivity index is 1.69. The first kappa shape index (κ1) is 19.7. The largest absolute Gasteiger partial charge is 0.497 e. The van der Waals surface area contributed by atoms with Crippen LogP contribution >= 0.6 is 15.9 Å². The zero-order valence-corrected chi connectivity index (χ0v) is 17.2. The van der Waals surface area contributed by atoms with Gasteiger partial charge in [-0.25, -0.2) is 5.43 Å². The Kier molecular flexibility index (Phi) is 6.16. The lowest BCUT2D eigenvalue weighted by Gasteiger charge is -2.08. The smallest absolute Gasteiger partial charge is 0.275 e. The molecule has 0 saturated heterocycles. The molecule has 0 fully saturated rings. The molecule has 144 valence electrons. The molecule has 0 saturated carbocycles. The predicted octanol–water partition coefficient (Wildman–Crippen LogP) is 4.80. The summed E-state index contributed by atoms with van der Waals surface area (Å²) in [7, 11) is 3.04. The maximum Gasteiger partial charge on any atom is 0.275 e. The Hall–Kier alpha value is -3.06. The molecule has 3 rings (SSSR count). The number of furan rings is 1. The number of halogens is 1. The minimum Gasteiger partial charge on any atom is -0.497 e. The van der Waals surface area contributed by atoms with Crippen molar-refractivity contribution in [1.82, 2.24) is 5.43 Å². The third-order valence-corrected chi connectivity index (χ3v) is 4.95. The van der Waals surface area contributed by atoms with E-state index in [1.807, 2.05) is 31.2 Å². The summed E-state index contributed by atoms with van der Waals surface area (Å²) in [5.41, 5.74) is 4.91. The van der Waals surface area contributed by atoms with E-state index >= 15 is 0 Å². The first-order chi connectivity index (χ1) is 13.5. The highest BCUT2D eigenvalue weighted by Crippen LogP contribution is 2.27. The monoisotopic (exact) mass is 442 g/mol. The number of ether oxygens (including phenoxy) is 2. The summed E-state index contributed by atoms with van der Waals surface area (Å²) in [6.07, 6.45) is 1.45. The molecule has 0 bridgehead atoms. The average molecular weight is 443 g/mol. The number of methoxy groups -OCH3 is 2. The molecule has 28 heavy (non-hydrogen) atoms. The molecule has 0 aliphatic heterocycles. The number of nitrogens with zero attached hydrogens (tertiary/aromatic N) is 1. The van der Waals surface area contributed by atoms with E-state index in [-0.39, 0.29) is 0 Å². The second-order valence-electron chi connectivity index (χ2n) is 5.93. The van der Waals surface area contributed by atoms with Gasteiger partial charge in [0.05, 0.1) is 26.0 Å². The van der Waals surface area contributed by atoms with Crippen molar-refractivity contribution < 1.29 is 18.7 Å². The van der Waals surface area contributed by atoms with Crippen LogP contribution in [0.1, 0.15) is 21.7 Å². The Morgan fingerprint density at radius 3 is 2.64 bits per heavy atom. The molecular formula is C21H19BrN2O4. The predicted molar refractivity (Wildman–Crippen MR) is 111 cm³/mol. The molecule has 1 amide bonds. The van der Waals surface area contributed by atoms with Crippen LogP contribution in [0.2, 0.25) is 0 Å². The van der Waals surface area contributed by atoms with Crippen LogP contribution in [-0.2, 0) is 0 Å². The Morgan fingerprint density at radius 2 is 1.93 bits per heavy atom. The Labute approximate surface area is 171 Å². The van der Waals surface area contributed by atoms with Crippen molar-refractivity contribution in [3.8, 4) is 22.8 Å². The van der Waals surface area contributed by atoms with Crippen LogP contribution in [0, 0.1) is 6.92 Å². The maximum atomic E-state index is 12.3. The van der Waals surface area contributed by atoms with Crippen LogP contribution in [0.15, 0.2) is 62.5 Å². The van der Waals surface area contributed by atoms with Crippen molar-refractivity contribution in [3.63, 3.8) is 0 Å². The number of carbonyl (C=O) groups is 1. The van der Waals surface area contributed by atoms with Gasteiger partial charge in [0.1, 0.15) is 23.0 Å². The molecule has 6 nitrogen and oxygen atoms in total. The maximum absolute atomic E-state index is 12.3. The van der Waals surface area contributed by atoms with E-state index in [0.717, 1.165) is 15.6 Å². The van der Waals surface area contributed by atoms with Gasteiger partial charge < -0.3 is 13.9 Å². The molecule has 0 aliphatic carbocycles. The van der Waals surface area contributed by atoms with Gasteiger partial charge in [-0.3, -0.25) is 4.79 Å². The first-order valence-corrected chi connectivity index (χ1v) is 9.23. The number of hydrogen-bond acceptors (Lipinski definition) is 5. The third kappa shape index (κ3) is 4.43. The number of hydrogen-bond donors (Lipinski definition) is 1. The van der Waals surface area contributed by atoms with Crippen LogP contribution in [0.3, 0.4) is 0 Å². The Morgan fingerprint density at radius 1 is 1.11 bits per heavy atom. The zero-order valence-electron chi connectivity index (χ0n) is 15.7. The number of hydrazone groups is 1. The van der Waals surface area contributed by atoms with Crippen molar-refractivity contribution in [2.24, 2.45) is 5.10 Å². The van der Waals surface area contributed by atoms with Gasteiger partial charge in [-0.1, -0.05) is 28.1 Å². The van der Waals surface area contributed by atoms with E-state index in [0.29, 0.717) is 28.6 Å². The molecule has 1 heterocycles. The van der Waals surface area contributed by atoms with Gasteiger partial charge in [0.2, 0.25) is 0 Å². The molecule has 7 heteroatoms. The van der Waals surface area contributed by atoms with Crippen molar-refractivity contribution in [3.05, 3.63) is 69.9 Å². The molecule has 1 N–H and O–H groups in total. The summed E-state index contributed by atoms with van der Waals surface area (Å²) >= 11 is 3.52. The molecule has 0 radical (unpaired) electrons. The normalized spacial score (nSPS) is 10.9. The number of carbonyl (C=O) groups excluding carboxylic acids is 1. The number of benzene rings is 2. The lowest BCUT2D eigenvalue weighted by Crippen LogP contribution is -2.18. The van der Waals surface area contributed by atoms with Gasteiger partial charge in [0, 0.05) is 16.1 Å². The second kappa shape index (κ2) is 8.75. The van der Waals surface area contributed by atoms with E-state index in [2.05, 4.69) is 26.5 Å². The van der Waals surface area contributed by atoms with Crippen LogP contribution in [0.4, 0.5) is 0 Å². The van der Waals surface area contributed by atoms with E-state index in [1.54, 1.807) is 31.4 Å². The fourth-order valence-corrected chi connectivity index (χ4v) is 2.90. The number of rotatable bonds is 6. The van der Waals surface area contributed by atoms with Crippen LogP contribution in [0.25, 0.3) is 11.3 Å². The third-order valence-electron chi connectivity index (χ3n) is 4.09. The average Bonchev–Trinajstić information content (AvgIpc) is 3.18. The van der Waals surface area contributed by atoms with Crippen molar-refractivity contribution in [1.29, 1.82) is 0 Å². The van der Waals surface area contributed by atoms with E-state index in [9.17, 15) is 4.79 Å². The summed E-state index contributed by atoms with van der Waals surface area (Å²) in [4.78, 5) is 12.3.